The quantitative estimate of drug-likeness (QED) is 0.701. The predicted molar refractivity (Wildman–Crippen MR) is 57.0 cm³/mol. The molecule has 0 saturated carbocycles. The first-order valence-corrected chi connectivity index (χ1v) is 4.99. The Bertz CT molecular complexity index is 228. The Morgan fingerprint density at radius 3 is 2.77 bits per heavy atom. The summed E-state index contributed by atoms with van der Waals surface area (Å²) in [4.78, 5) is 4.22. The van der Waals surface area contributed by atoms with Gasteiger partial charge in [0, 0.05) is 12.2 Å². The first-order valence-electron chi connectivity index (χ1n) is 4.99. The number of hydrogen-bond donors (Lipinski definition) is 1. The minimum absolute atomic E-state index is 1.05. The minimum atomic E-state index is 1.05. The van der Waals surface area contributed by atoms with E-state index in [0.717, 1.165) is 17.9 Å². The van der Waals surface area contributed by atoms with E-state index in [0.29, 0.717) is 0 Å². The summed E-state index contributed by atoms with van der Waals surface area (Å²) in [5.41, 5.74) is 2.20. The van der Waals surface area contributed by atoms with Gasteiger partial charge in [-0.1, -0.05) is 19.8 Å². The average Bonchev–Trinajstić information content (AvgIpc) is 2.15. The van der Waals surface area contributed by atoms with Gasteiger partial charge < -0.3 is 5.32 Å². The lowest BCUT2D eigenvalue weighted by Gasteiger charge is -2.04. The number of aromatic nitrogens is 1. The number of nitrogens with zero attached hydrogens (tertiary/aromatic N) is 1. The number of aryl methyl sites for hydroxylation is 1. The molecular formula is C11H18N2. The zero-order valence-electron chi connectivity index (χ0n) is 8.51. The smallest absolute Gasteiger partial charge is 0.0526 e. The largest absolute Gasteiger partial charge is 0.384 e. The van der Waals surface area contributed by atoms with Gasteiger partial charge >= 0.3 is 0 Å². The van der Waals surface area contributed by atoms with Crippen molar-refractivity contribution in [3.63, 3.8) is 0 Å². The highest BCUT2D eigenvalue weighted by atomic mass is 14.9. The van der Waals surface area contributed by atoms with Gasteiger partial charge in [0.1, 0.15) is 0 Å². The van der Waals surface area contributed by atoms with Crippen LogP contribution < -0.4 is 5.32 Å². The van der Waals surface area contributed by atoms with Gasteiger partial charge in [0.2, 0.25) is 0 Å². The Hall–Kier alpha value is -1.05. The molecule has 72 valence electrons. The summed E-state index contributed by atoms with van der Waals surface area (Å²) in [6, 6.07) is 4.11. The molecule has 13 heavy (non-hydrogen) atoms. The number of pyridine rings is 1. The molecule has 0 bridgehead atoms. The molecule has 0 amide bonds. The Morgan fingerprint density at radius 2 is 2.15 bits per heavy atom. The molecule has 0 aliphatic carbocycles. The van der Waals surface area contributed by atoms with Crippen LogP contribution in [0.1, 0.15) is 31.9 Å². The lowest BCUT2D eigenvalue weighted by atomic mass is 10.2. The maximum absolute atomic E-state index is 4.22. The van der Waals surface area contributed by atoms with E-state index in [9.17, 15) is 0 Å². The summed E-state index contributed by atoms with van der Waals surface area (Å²) in [5, 5.41) is 3.34. The van der Waals surface area contributed by atoms with E-state index in [1.165, 1.54) is 19.3 Å². The molecule has 0 spiro atoms. The van der Waals surface area contributed by atoms with Crippen molar-refractivity contribution in [1.29, 1.82) is 0 Å². The van der Waals surface area contributed by atoms with Crippen molar-refractivity contribution < 1.29 is 0 Å². The van der Waals surface area contributed by atoms with Crippen LogP contribution in [0, 0.1) is 6.92 Å². The van der Waals surface area contributed by atoms with Gasteiger partial charge in [0.15, 0.2) is 0 Å². The second-order valence-electron chi connectivity index (χ2n) is 3.32. The molecule has 1 aromatic rings. The van der Waals surface area contributed by atoms with Gasteiger partial charge in [0.25, 0.3) is 0 Å². The van der Waals surface area contributed by atoms with Crippen LogP contribution in [0.3, 0.4) is 0 Å². The normalized spacial score (nSPS) is 10.0. The molecule has 1 N–H and O–H groups in total. The van der Waals surface area contributed by atoms with E-state index < -0.39 is 0 Å². The van der Waals surface area contributed by atoms with E-state index in [4.69, 9.17) is 0 Å². The van der Waals surface area contributed by atoms with Crippen LogP contribution in [0.5, 0.6) is 0 Å². The summed E-state index contributed by atoms with van der Waals surface area (Å²) in [5.74, 6) is 0. The van der Waals surface area contributed by atoms with E-state index >= 15 is 0 Å². The molecule has 0 saturated heterocycles. The molecule has 0 aliphatic rings. The van der Waals surface area contributed by atoms with Crippen LogP contribution in [-0.2, 0) is 0 Å². The van der Waals surface area contributed by atoms with Gasteiger partial charge in [-0.15, -0.1) is 0 Å². The molecule has 0 unspecified atom stereocenters. The Balaban J connectivity index is 2.25. The second kappa shape index (κ2) is 5.57. The Labute approximate surface area is 80.4 Å². The number of hydrogen-bond acceptors (Lipinski definition) is 2. The molecule has 1 heterocycles. The highest BCUT2D eigenvalue weighted by Gasteiger charge is 1.91. The number of anilines is 1. The van der Waals surface area contributed by atoms with Crippen molar-refractivity contribution in [2.24, 2.45) is 0 Å². The molecule has 2 nitrogen and oxygen atoms in total. The molecule has 0 atom stereocenters. The van der Waals surface area contributed by atoms with Crippen molar-refractivity contribution in [3.05, 3.63) is 24.0 Å². The first-order chi connectivity index (χ1) is 6.33. The molecule has 2 heteroatoms. The summed E-state index contributed by atoms with van der Waals surface area (Å²) >= 11 is 0. The third-order valence-corrected chi connectivity index (χ3v) is 2.02. The zero-order valence-corrected chi connectivity index (χ0v) is 8.51. The minimum Gasteiger partial charge on any atom is -0.384 e. The van der Waals surface area contributed by atoms with Gasteiger partial charge in [0.05, 0.1) is 11.9 Å². The van der Waals surface area contributed by atoms with E-state index in [1.807, 2.05) is 19.2 Å². The molecular weight excluding hydrogens is 160 g/mol. The summed E-state index contributed by atoms with van der Waals surface area (Å²) < 4.78 is 0. The van der Waals surface area contributed by atoms with Crippen LogP contribution >= 0.6 is 0 Å². The molecule has 0 aliphatic heterocycles. The fourth-order valence-electron chi connectivity index (χ4n) is 1.18. The van der Waals surface area contributed by atoms with Crippen molar-refractivity contribution in [2.75, 3.05) is 11.9 Å². The van der Waals surface area contributed by atoms with Gasteiger partial charge in [-0.25, -0.2) is 0 Å². The highest BCUT2D eigenvalue weighted by molar-refractivity contribution is 5.40. The lowest BCUT2D eigenvalue weighted by Crippen LogP contribution is -2.01. The van der Waals surface area contributed by atoms with E-state index in [1.54, 1.807) is 0 Å². The zero-order chi connectivity index (χ0) is 9.52. The maximum Gasteiger partial charge on any atom is 0.0526 e. The number of rotatable bonds is 5. The SMILES string of the molecule is CCCCCNc1ccc(C)nc1. The van der Waals surface area contributed by atoms with Crippen LogP contribution in [0.15, 0.2) is 18.3 Å². The van der Waals surface area contributed by atoms with Crippen molar-refractivity contribution >= 4 is 5.69 Å². The van der Waals surface area contributed by atoms with Gasteiger partial charge in [-0.05, 0) is 25.5 Å². The summed E-state index contributed by atoms with van der Waals surface area (Å²) in [6.07, 6.45) is 5.70. The fourth-order valence-corrected chi connectivity index (χ4v) is 1.18. The second-order valence-corrected chi connectivity index (χ2v) is 3.32. The van der Waals surface area contributed by atoms with Gasteiger partial charge in [-0.2, -0.15) is 0 Å². The summed E-state index contributed by atoms with van der Waals surface area (Å²) in [7, 11) is 0. The first kappa shape index (κ1) is 10.0. The van der Waals surface area contributed by atoms with Crippen LogP contribution in [0.2, 0.25) is 0 Å². The van der Waals surface area contributed by atoms with Crippen LogP contribution in [0.4, 0.5) is 5.69 Å². The Morgan fingerprint density at radius 1 is 1.31 bits per heavy atom. The number of nitrogens with one attached hydrogen (secondary N) is 1. The molecule has 1 rings (SSSR count). The monoisotopic (exact) mass is 178 g/mol. The molecule has 0 fully saturated rings. The van der Waals surface area contributed by atoms with Crippen molar-refractivity contribution in [3.8, 4) is 0 Å². The summed E-state index contributed by atoms with van der Waals surface area (Å²) in [6.45, 7) is 5.27. The third-order valence-electron chi connectivity index (χ3n) is 2.02. The fraction of sp³-hybridized carbons (Fsp3) is 0.545. The average molecular weight is 178 g/mol. The lowest BCUT2D eigenvalue weighted by molar-refractivity contribution is 0.743. The van der Waals surface area contributed by atoms with Crippen molar-refractivity contribution in [1.82, 2.24) is 4.98 Å². The van der Waals surface area contributed by atoms with E-state index in [-0.39, 0.29) is 0 Å². The van der Waals surface area contributed by atoms with E-state index in [2.05, 4.69) is 23.3 Å². The van der Waals surface area contributed by atoms with Crippen LogP contribution in [0.25, 0.3) is 0 Å². The molecule has 0 radical (unpaired) electrons. The Kier molecular flexibility index (Phi) is 4.30. The topological polar surface area (TPSA) is 24.9 Å². The maximum atomic E-state index is 4.22. The molecule has 1 aromatic heterocycles. The third kappa shape index (κ3) is 3.92. The predicted octanol–water partition coefficient (Wildman–Crippen LogP) is 2.99. The van der Waals surface area contributed by atoms with Crippen molar-refractivity contribution in [2.45, 2.75) is 33.1 Å². The standard InChI is InChI=1S/C11H18N2/c1-3-4-5-8-12-11-7-6-10(2)13-9-11/h6-7,9,12H,3-5,8H2,1-2H3. The van der Waals surface area contributed by atoms with Crippen LogP contribution in [-0.4, -0.2) is 11.5 Å². The van der Waals surface area contributed by atoms with Gasteiger partial charge in [-0.3, -0.25) is 4.98 Å². The molecule has 0 aromatic carbocycles. The number of unbranched alkanes of at least 4 members (excludes halogenated alkanes) is 2. The highest BCUT2D eigenvalue weighted by Crippen LogP contribution is 2.05.